The third-order valence-electron chi connectivity index (χ3n) is 13.1. The summed E-state index contributed by atoms with van der Waals surface area (Å²) < 4.78 is 12.5. The van der Waals surface area contributed by atoms with Gasteiger partial charge >= 0.3 is 0 Å². The Morgan fingerprint density at radius 1 is 0.709 bits per heavy atom. The average Bonchev–Trinajstić information content (AvgIpc) is 3.87. The number of rotatable bonds is 1. The Morgan fingerprint density at radius 2 is 1.42 bits per heavy atom. The van der Waals surface area contributed by atoms with Gasteiger partial charge in [-0.15, -0.1) is 0 Å². The van der Waals surface area contributed by atoms with E-state index in [4.69, 9.17) is 4.42 Å². The molecular formula is C50H42BN3O. The number of furan rings is 1. The molecule has 0 spiro atoms. The molecule has 4 nitrogen and oxygen atoms in total. The maximum absolute atomic E-state index is 7.24. The molecule has 0 amide bonds. The van der Waals surface area contributed by atoms with Crippen molar-refractivity contribution in [3.05, 3.63) is 143 Å². The third kappa shape index (κ3) is 3.74. The van der Waals surface area contributed by atoms with Crippen molar-refractivity contribution in [3.8, 4) is 16.8 Å². The lowest BCUT2D eigenvalue weighted by atomic mass is 9.35. The summed E-state index contributed by atoms with van der Waals surface area (Å²) in [6, 6.07) is 41.2. The van der Waals surface area contributed by atoms with Gasteiger partial charge < -0.3 is 9.32 Å². The average molecular weight is 712 g/mol. The predicted octanol–water partition coefficient (Wildman–Crippen LogP) is 10.9. The van der Waals surface area contributed by atoms with Crippen LogP contribution in [0.3, 0.4) is 0 Å². The van der Waals surface area contributed by atoms with Gasteiger partial charge in [0.05, 0.1) is 22.4 Å². The highest BCUT2D eigenvalue weighted by Gasteiger charge is 2.52. The van der Waals surface area contributed by atoms with Crippen molar-refractivity contribution in [2.75, 3.05) is 4.90 Å². The fourth-order valence-electron chi connectivity index (χ4n) is 11.0. The van der Waals surface area contributed by atoms with Crippen molar-refractivity contribution in [1.29, 1.82) is 0 Å². The Morgan fingerprint density at radius 3 is 2.20 bits per heavy atom. The van der Waals surface area contributed by atoms with Crippen LogP contribution in [0.2, 0.25) is 0 Å². The van der Waals surface area contributed by atoms with Crippen molar-refractivity contribution in [1.82, 2.24) is 8.97 Å². The molecule has 0 saturated heterocycles. The molecular weight excluding hydrogens is 669 g/mol. The van der Waals surface area contributed by atoms with Crippen molar-refractivity contribution < 1.29 is 4.42 Å². The number of fused-ring (bicyclic) bond motifs is 16. The van der Waals surface area contributed by atoms with Gasteiger partial charge in [0.15, 0.2) is 0 Å². The molecule has 6 aromatic carbocycles. The summed E-state index contributed by atoms with van der Waals surface area (Å²) in [5.41, 5.74) is 23.6. The van der Waals surface area contributed by atoms with Crippen molar-refractivity contribution >= 4 is 78.8 Å². The number of anilines is 3. The van der Waals surface area contributed by atoms with Crippen LogP contribution < -0.4 is 21.5 Å². The van der Waals surface area contributed by atoms with E-state index in [1.54, 1.807) is 0 Å². The van der Waals surface area contributed by atoms with Gasteiger partial charge in [-0.05, 0) is 124 Å². The van der Waals surface area contributed by atoms with E-state index in [0.717, 1.165) is 28.0 Å². The number of hydrogen-bond acceptors (Lipinski definition) is 2. The van der Waals surface area contributed by atoms with E-state index in [9.17, 15) is 0 Å². The Kier molecular flexibility index (Phi) is 5.73. The van der Waals surface area contributed by atoms with E-state index in [2.05, 4.69) is 178 Å². The van der Waals surface area contributed by atoms with Gasteiger partial charge in [-0.2, -0.15) is 0 Å². The van der Waals surface area contributed by atoms with E-state index < -0.39 is 0 Å². The molecule has 9 aromatic rings. The first-order chi connectivity index (χ1) is 26.4. The van der Waals surface area contributed by atoms with Crippen LogP contribution in [-0.2, 0) is 10.8 Å². The lowest BCUT2D eigenvalue weighted by Gasteiger charge is -2.38. The summed E-state index contributed by atoms with van der Waals surface area (Å²) in [6.07, 6.45) is 0. The zero-order valence-electron chi connectivity index (χ0n) is 32.7. The van der Waals surface area contributed by atoms with Crippen LogP contribution in [0.25, 0.3) is 55.2 Å². The minimum Gasteiger partial charge on any atom is -0.468 e. The quantitative estimate of drug-likeness (QED) is 0.158. The molecule has 1 aliphatic carbocycles. The zero-order valence-corrected chi connectivity index (χ0v) is 32.7. The fourth-order valence-corrected chi connectivity index (χ4v) is 11.0. The van der Waals surface area contributed by atoms with E-state index >= 15 is 0 Å². The molecule has 0 radical (unpaired) electrons. The van der Waals surface area contributed by atoms with Crippen LogP contribution in [0.5, 0.6) is 0 Å². The van der Waals surface area contributed by atoms with E-state index in [1.807, 2.05) is 0 Å². The number of para-hydroxylation sites is 1. The van der Waals surface area contributed by atoms with Crippen LogP contribution >= 0.6 is 0 Å². The molecule has 0 N–H and O–H groups in total. The smallest absolute Gasteiger partial charge is 0.299 e. The van der Waals surface area contributed by atoms with Crippen molar-refractivity contribution in [2.24, 2.45) is 0 Å². The van der Waals surface area contributed by atoms with Crippen LogP contribution in [0.4, 0.5) is 17.1 Å². The minimum absolute atomic E-state index is 0.0558. The summed E-state index contributed by atoms with van der Waals surface area (Å²) in [4.78, 5) is 2.50. The number of aromatic nitrogens is 2. The lowest BCUT2D eigenvalue weighted by Crippen LogP contribution is -2.60. The zero-order chi connectivity index (χ0) is 37.4. The van der Waals surface area contributed by atoms with Crippen LogP contribution in [-0.4, -0.2) is 15.7 Å². The van der Waals surface area contributed by atoms with Gasteiger partial charge in [-0.3, -0.25) is 8.97 Å². The summed E-state index contributed by atoms with van der Waals surface area (Å²) in [5.74, 6) is 0. The maximum Gasteiger partial charge on any atom is 0.299 e. The molecule has 0 bridgehead atoms. The second kappa shape index (κ2) is 10.0. The largest absolute Gasteiger partial charge is 0.468 e. The molecule has 0 atom stereocenters. The number of aryl methyl sites for hydroxylation is 3. The maximum atomic E-state index is 7.24. The SMILES string of the molecule is Cc1cc2c3c(c1)-n1c4c(C)cc(C)cc4n4c5c(c(c14)B3c1oc3ccccc3c1N2c1ccc(C(C)(C)C)cc1)-c1ccc2ccccc2c1C5(C)C. The molecule has 2 aliphatic heterocycles. The highest BCUT2D eigenvalue weighted by Crippen LogP contribution is 2.55. The fraction of sp³-hybridized carbons (Fsp3) is 0.200. The summed E-state index contributed by atoms with van der Waals surface area (Å²) >= 11 is 0. The molecule has 12 rings (SSSR count). The molecule has 5 heteroatoms. The third-order valence-corrected chi connectivity index (χ3v) is 13.1. The molecule has 3 aliphatic rings. The number of benzene rings is 6. The first-order valence-electron chi connectivity index (χ1n) is 19.7. The van der Waals surface area contributed by atoms with Crippen LogP contribution in [0.15, 0.2) is 114 Å². The summed E-state index contributed by atoms with van der Waals surface area (Å²) in [5, 5.41) is 3.77. The monoisotopic (exact) mass is 711 g/mol. The van der Waals surface area contributed by atoms with E-state index in [-0.39, 0.29) is 17.5 Å². The highest BCUT2D eigenvalue weighted by atomic mass is 16.3. The molecule has 3 aromatic heterocycles. The molecule has 0 saturated carbocycles. The Bertz CT molecular complexity index is 3200. The van der Waals surface area contributed by atoms with Gasteiger partial charge in [-0.25, -0.2) is 0 Å². The van der Waals surface area contributed by atoms with Crippen LogP contribution in [0.1, 0.15) is 68.1 Å². The summed E-state index contributed by atoms with van der Waals surface area (Å²) in [6.45, 7) is 18.4. The number of hydrogen-bond donors (Lipinski definition) is 0. The second-order valence-electron chi connectivity index (χ2n) is 18.0. The van der Waals surface area contributed by atoms with Gasteiger partial charge in [0.25, 0.3) is 6.71 Å². The number of nitrogens with zero attached hydrogens (tertiary/aromatic N) is 3. The first kappa shape index (κ1) is 31.4. The lowest BCUT2D eigenvalue weighted by molar-refractivity contribution is 0.590. The molecule has 5 heterocycles. The Hall–Kier alpha value is -5.94. The molecule has 0 unspecified atom stereocenters. The molecule has 266 valence electrons. The minimum atomic E-state index is -0.259. The molecule has 55 heavy (non-hydrogen) atoms. The molecule has 0 fully saturated rings. The Labute approximate surface area is 321 Å². The normalized spacial score (nSPS) is 15.0. The number of imidazole rings is 1. The highest BCUT2D eigenvalue weighted by molar-refractivity contribution is 7.00. The predicted molar refractivity (Wildman–Crippen MR) is 231 cm³/mol. The van der Waals surface area contributed by atoms with Crippen LogP contribution in [0, 0.1) is 20.8 Å². The van der Waals surface area contributed by atoms with E-state index in [0.29, 0.717) is 0 Å². The second-order valence-corrected chi connectivity index (χ2v) is 18.0. The first-order valence-corrected chi connectivity index (χ1v) is 19.7. The van der Waals surface area contributed by atoms with Gasteiger partial charge in [-0.1, -0.05) is 101 Å². The summed E-state index contributed by atoms with van der Waals surface area (Å²) in [7, 11) is 0. The van der Waals surface area contributed by atoms with Crippen molar-refractivity contribution in [3.63, 3.8) is 0 Å². The van der Waals surface area contributed by atoms with Gasteiger partial charge in [0, 0.05) is 39.1 Å². The standard InChI is InChI=1S/C50H42BN3O/c1-27-23-29(3)44-38(26-27)54-46-40(35-22-17-30-13-9-10-14-33(30)41(35)50(46,7)8)43-48(54)53(44)37-25-28(2)24-36-42(37)51(43)47-45(34-15-11-12-16-39(34)55-47)52(36)32-20-18-31(19-21-32)49(4,5)6/h9-26H,1-8H3. The van der Waals surface area contributed by atoms with E-state index in [1.165, 1.54) is 94.4 Å². The topological polar surface area (TPSA) is 25.7 Å². The van der Waals surface area contributed by atoms with Crippen molar-refractivity contribution in [2.45, 2.75) is 66.2 Å². The van der Waals surface area contributed by atoms with Gasteiger partial charge in [0.2, 0.25) is 0 Å². The Balaban J connectivity index is 1.29. The van der Waals surface area contributed by atoms with Gasteiger partial charge in [0.1, 0.15) is 11.2 Å².